The molecule has 0 aliphatic heterocycles. The van der Waals surface area contributed by atoms with E-state index >= 15 is 0 Å². The molecule has 1 aromatic heterocycles. The van der Waals surface area contributed by atoms with E-state index in [2.05, 4.69) is 51.8 Å². The first kappa shape index (κ1) is 18.7. The van der Waals surface area contributed by atoms with Gasteiger partial charge in [-0.05, 0) is 49.1 Å². The van der Waals surface area contributed by atoms with Crippen molar-refractivity contribution in [3.05, 3.63) is 47.2 Å². The lowest BCUT2D eigenvalue weighted by Crippen LogP contribution is -2.29. The molecule has 1 aromatic carbocycles. The number of rotatable bonds is 5. The summed E-state index contributed by atoms with van der Waals surface area (Å²) >= 11 is 0. The topological polar surface area (TPSA) is 92.9 Å². The maximum Gasteiger partial charge on any atom is 0.254 e. The van der Waals surface area contributed by atoms with Crippen molar-refractivity contribution in [3.8, 4) is 0 Å². The number of anilines is 2. The van der Waals surface area contributed by atoms with Gasteiger partial charge in [0.05, 0.1) is 11.6 Å². The van der Waals surface area contributed by atoms with Gasteiger partial charge in [-0.25, -0.2) is 4.98 Å². The van der Waals surface area contributed by atoms with Crippen molar-refractivity contribution >= 4 is 17.7 Å². The maximum absolute atomic E-state index is 11.9. The Balaban J connectivity index is 1.56. The first-order chi connectivity index (χ1) is 13.6. The molecule has 0 unspecified atom stereocenters. The van der Waals surface area contributed by atoms with E-state index in [0.717, 1.165) is 32.1 Å². The van der Waals surface area contributed by atoms with Crippen LogP contribution in [0.15, 0.2) is 30.5 Å². The molecular weight excluding hydrogens is 350 g/mol. The van der Waals surface area contributed by atoms with E-state index in [1.165, 1.54) is 24.0 Å². The number of benzene rings is 1. The first-order valence-electron chi connectivity index (χ1n) is 10.4. The lowest BCUT2D eigenvalue weighted by atomic mass is 9.87. The summed E-state index contributed by atoms with van der Waals surface area (Å²) in [5, 5.41) is 6.94. The van der Waals surface area contributed by atoms with Crippen molar-refractivity contribution in [1.29, 1.82) is 0 Å². The number of nitrogens with one attached hydrogen (secondary N) is 2. The van der Waals surface area contributed by atoms with Crippen LogP contribution in [0.25, 0.3) is 0 Å². The summed E-state index contributed by atoms with van der Waals surface area (Å²) in [5.74, 6) is 1.27. The molecule has 0 bridgehead atoms. The van der Waals surface area contributed by atoms with Crippen LogP contribution in [0.3, 0.4) is 0 Å². The Bertz CT molecular complexity index is 853. The zero-order chi connectivity index (χ0) is 19.5. The van der Waals surface area contributed by atoms with Crippen LogP contribution in [0.2, 0.25) is 0 Å². The highest BCUT2D eigenvalue weighted by Crippen LogP contribution is 2.32. The number of aryl methyl sites for hydroxylation is 1. The molecule has 1 saturated carbocycles. The van der Waals surface area contributed by atoms with Gasteiger partial charge in [0.15, 0.2) is 0 Å². The quantitative estimate of drug-likeness (QED) is 0.728. The number of carbonyl (C=O) groups is 1. The van der Waals surface area contributed by atoms with Crippen LogP contribution < -0.4 is 16.4 Å². The van der Waals surface area contributed by atoms with Gasteiger partial charge in [-0.3, -0.25) is 4.79 Å². The van der Waals surface area contributed by atoms with Crippen LogP contribution in [-0.2, 0) is 6.42 Å². The number of aromatic nitrogens is 2. The Morgan fingerprint density at radius 3 is 2.82 bits per heavy atom. The third-order valence-corrected chi connectivity index (χ3v) is 6.00. The standard InChI is InChI=1S/C22H29N5O/c1-14-6-4-9-16(12-14)25-21-18(20(23)28)13-24-22(27-21)26-19-11-5-8-15-7-2-3-10-17(15)19/h2-3,7,10,13-14,16,19H,4-6,8-9,11-12H2,1H3,(H2,23,28)(H2,24,25,26,27)/t14-,16+,19-/m0/s1. The average molecular weight is 380 g/mol. The van der Waals surface area contributed by atoms with E-state index in [-0.39, 0.29) is 6.04 Å². The molecule has 0 radical (unpaired) electrons. The minimum atomic E-state index is -0.499. The molecule has 2 aromatic rings. The summed E-state index contributed by atoms with van der Waals surface area (Å²) in [6.45, 7) is 2.27. The number of hydrogen-bond donors (Lipinski definition) is 3. The number of amides is 1. The molecule has 4 rings (SSSR count). The lowest BCUT2D eigenvalue weighted by Gasteiger charge is -2.29. The molecule has 148 valence electrons. The van der Waals surface area contributed by atoms with Crippen molar-refractivity contribution in [3.63, 3.8) is 0 Å². The molecule has 3 atom stereocenters. The number of fused-ring (bicyclic) bond motifs is 1. The van der Waals surface area contributed by atoms with Gasteiger partial charge in [-0.1, -0.05) is 44.0 Å². The second kappa shape index (κ2) is 8.17. The van der Waals surface area contributed by atoms with E-state index in [9.17, 15) is 4.79 Å². The molecule has 0 saturated heterocycles. The summed E-state index contributed by atoms with van der Waals surface area (Å²) in [5.41, 5.74) is 8.62. The van der Waals surface area contributed by atoms with E-state index < -0.39 is 5.91 Å². The van der Waals surface area contributed by atoms with Crippen molar-refractivity contribution in [2.24, 2.45) is 11.7 Å². The number of primary amides is 1. The highest BCUT2D eigenvalue weighted by molar-refractivity contribution is 5.97. The molecule has 28 heavy (non-hydrogen) atoms. The Morgan fingerprint density at radius 1 is 1.14 bits per heavy atom. The Kier molecular flexibility index (Phi) is 5.46. The molecule has 6 nitrogen and oxygen atoms in total. The molecule has 6 heteroatoms. The zero-order valence-electron chi connectivity index (χ0n) is 16.4. The lowest BCUT2D eigenvalue weighted by molar-refractivity contribution is 0.100. The molecule has 4 N–H and O–H groups in total. The predicted octanol–water partition coefficient (Wildman–Crippen LogP) is 4.06. The van der Waals surface area contributed by atoms with Crippen LogP contribution in [0.4, 0.5) is 11.8 Å². The first-order valence-corrected chi connectivity index (χ1v) is 10.4. The van der Waals surface area contributed by atoms with Crippen molar-refractivity contribution in [2.75, 3.05) is 10.6 Å². The van der Waals surface area contributed by atoms with Gasteiger partial charge >= 0.3 is 0 Å². The minimum absolute atomic E-state index is 0.187. The second-order valence-electron chi connectivity index (χ2n) is 8.22. The highest BCUT2D eigenvalue weighted by Gasteiger charge is 2.23. The Hall–Kier alpha value is -2.63. The van der Waals surface area contributed by atoms with E-state index in [1.807, 2.05) is 0 Å². The molecular formula is C22H29N5O. The van der Waals surface area contributed by atoms with Gasteiger partial charge < -0.3 is 16.4 Å². The SMILES string of the molecule is C[C@H]1CCC[C@@H](Nc2nc(N[C@H]3CCCc4ccccc43)ncc2C(N)=O)C1. The van der Waals surface area contributed by atoms with Crippen molar-refractivity contribution < 1.29 is 4.79 Å². The summed E-state index contributed by atoms with van der Waals surface area (Å²) in [7, 11) is 0. The molecule has 1 amide bonds. The summed E-state index contributed by atoms with van der Waals surface area (Å²) in [6.07, 6.45) is 9.47. The highest BCUT2D eigenvalue weighted by atomic mass is 16.1. The van der Waals surface area contributed by atoms with Gasteiger partial charge in [0, 0.05) is 12.2 Å². The van der Waals surface area contributed by atoms with E-state index in [4.69, 9.17) is 5.73 Å². The monoisotopic (exact) mass is 379 g/mol. The second-order valence-corrected chi connectivity index (χ2v) is 8.22. The van der Waals surface area contributed by atoms with Gasteiger partial charge in [-0.2, -0.15) is 4.98 Å². The number of nitrogens with zero attached hydrogens (tertiary/aromatic N) is 2. The van der Waals surface area contributed by atoms with Gasteiger partial charge in [-0.15, -0.1) is 0 Å². The van der Waals surface area contributed by atoms with Crippen molar-refractivity contribution in [1.82, 2.24) is 9.97 Å². The van der Waals surface area contributed by atoms with Crippen LogP contribution >= 0.6 is 0 Å². The van der Waals surface area contributed by atoms with Crippen LogP contribution in [-0.4, -0.2) is 21.9 Å². The predicted molar refractivity (Wildman–Crippen MR) is 111 cm³/mol. The summed E-state index contributed by atoms with van der Waals surface area (Å²) in [4.78, 5) is 20.9. The van der Waals surface area contributed by atoms with Gasteiger partial charge in [0.25, 0.3) is 5.91 Å². The van der Waals surface area contributed by atoms with Crippen LogP contribution in [0, 0.1) is 5.92 Å². The maximum atomic E-state index is 11.9. The van der Waals surface area contributed by atoms with Crippen LogP contribution in [0.1, 0.15) is 73.0 Å². The van der Waals surface area contributed by atoms with Gasteiger partial charge in [0.1, 0.15) is 5.82 Å². The molecule has 2 aliphatic carbocycles. The normalized spacial score (nSPS) is 24.2. The summed E-state index contributed by atoms with van der Waals surface area (Å²) < 4.78 is 0. The zero-order valence-corrected chi connectivity index (χ0v) is 16.4. The number of nitrogens with two attached hydrogens (primary N) is 1. The van der Waals surface area contributed by atoms with Crippen LogP contribution in [0.5, 0.6) is 0 Å². The van der Waals surface area contributed by atoms with Gasteiger partial charge in [0.2, 0.25) is 5.95 Å². The smallest absolute Gasteiger partial charge is 0.254 e. The Morgan fingerprint density at radius 2 is 2.00 bits per heavy atom. The fourth-order valence-corrected chi connectivity index (χ4v) is 4.56. The number of hydrogen-bond acceptors (Lipinski definition) is 5. The molecule has 1 fully saturated rings. The fraction of sp³-hybridized carbons (Fsp3) is 0.500. The molecule has 0 spiro atoms. The number of carbonyl (C=O) groups excluding carboxylic acids is 1. The van der Waals surface area contributed by atoms with E-state index in [1.54, 1.807) is 6.20 Å². The minimum Gasteiger partial charge on any atom is -0.366 e. The molecule has 1 heterocycles. The fourth-order valence-electron chi connectivity index (χ4n) is 4.56. The average Bonchev–Trinajstić information content (AvgIpc) is 2.68. The van der Waals surface area contributed by atoms with Crippen molar-refractivity contribution in [2.45, 2.75) is 64.0 Å². The summed E-state index contributed by atoms with van der Waals surface area (Å²) in [6, 6.07) is 9.04. The molecule has 2 aliphatic rings. The van der Waals surface area contributed by atoms with E-state index in [0.29, 0.717) is 29.3 Å². The third kappa shape index (κ3) is 4.11. The largest absolute Gasteiger partial charge is 0.366 e. The third-order valence-electron chi connectivity index (χ3n) is 6.00. The Labute approximate surface area is 166 Å².